The van der Waals surface area contributed by atoms with E-state index in [9.17, 15) is 0 Å². The van der Waals surface area contributed by atoms with Crippen molar-refractivity contribution in [2.45, 2.75) is 32.7 Å². The maximum atomic E-state index is 5.52. The van der Waals surface area contributed by atoms with E-state index in [4.69, 9.17) is 4.42 Å². The fourth-order valence-electron chi connectivity index (χ4n) is 2.45. The number of oxazole rings is 1. The second-order valence-corrected chi connectivity index (χ2v) is 4.98. The third-order valence-corrected chi connectivity index (χ3v) is 3.54. The molecule has 2 heterocycles. The first-order chi connectivity index (χ1) is 8.28. The van der Waals surface area contributed by atoms with Gasteiger partial charge in [0.1, 0.15) is 5.76 Å². The van der Waals surface area contributed by atoms with E-state index in [-0.39, 0.29) is 0 Å². The maximum Gasteiger partial charge on any atom is 0.208 e. The van der Waals surface area contributed by atoms with Crippen molar-refractivity contribution in [3.8, 4) is 0 Å². The summed E-state index contributed by atoms with van der Waals surface area (Å²) < 4.78 is 5.52. The Morgan fingerprint density at radius 1 is 1.47 bits per heavy atom. The predicted octanol–water partition coefficient (Wildman–Crippen LogP) is 1.80. The lowest BCUT2D eigenvalue weighted by molar-refractivity contribution is 0.159. The van der Waals surface area contributed by atoms with Gasteiger partial charge in [0.2, 0.25) is 5.89 Å². The van der Waals surface area contributed by atoms with Gasteiger partial charge in [-0.2, -0.15) is 0 Å². The molecule has 17 heavy (non-hydrogen) atoms. The number of likely N-dealkylation sites (tertiary alicyclic amines) is 1. The largest absolute Gasteiger partial charge is 0.445 e. The molecule has 1 aromatic heterocycles. The molecule has 0 bridgehead atoms. The van der Waals surface area contributed by atoms with Gasteiger partial charge in [-0.1, -0.05) is 0 Å². The fraction of sp³-hybridized carbons (Fsp3) is 0.769. The number of hydrogen-bond donors (Lipinski definition) is 1. The van der Waals surface area contributed by atoms with Crippen LogP contribution in [-0.2, 0) is 6.54 Å². The number of aromatic nitrogens is 1. The van der Waals surface area contributed by atoms with Gasteiger partial charge >= 0.3 is 0 Å². The van der Waals surface area contributed by atoms with Crippen molar-refractivity contribution in [2.24, 2.45) is 5.92 Å². The molecule has 4 nitrogen and oxygen atoms in total. The van der Waals surface area contributed by atoms with Crippen LogP contribution in [-0.4, -0.2) is 36.6 Å². The van der Waals surface area contributed by atoms with Gasteiger partial charge in [0.15, 0.2) is 0 Å². The summed E-state index contributed by atoms with van der Waals surface area (Å²) in [5, 5.41) is 3.23. The van der Waals surface area contributed by atoms with Crippen LogP contribution >= 0.6 is 0 Å². The molecule has 0 saturated carbocycles. The van der Waals surface area contributed by atoms with Gasteiger partial charge in [0.05, 0.1) is 12.7 Å². The van der Waals surface area contributed by atoms with E-state index < -0.39 is 0 Å². The highest BCUT2D eigenvalue weighted by atomic mass is 16.4. The zero-order valence-electron chi connectivity index (χ0n) is 10.9. The summed E-state index contributed by atoms with van der Waals surface area (Å²) in [4.78, 5) is 6.71. The first-order valence-corrected chi connectivity index (χ1v) is 6.56. The molecule has 4 heteroatoms. The third-order valence-electron chi connectivity index (χ3n) is 3.54. The highest BCUT2D eigenvalue weighted by Crippen LogP contribution is 2.21. The number of rotatable bonds is 5. The Balaban J connectivity index is 1.72. The summed E-state index contributed by atoms with van der Waals surface area (Å²) in [6, 6.07) is 0. The van der Waals surface area contributed by atoms with Crippen LogP contribution in [0.5, 0.6) is 0 Å². The zero-order chi connectivity index (χ0) is 12.1. The standard InChI is InChI=1S/C13H23N3O/c1-11-9-15-13(17-11)10-16-7-4-12(5-8-16)3-6-14-2/h9,12,14H,3-8,10H2,1-2H3. The van der Waals surface area contributed by atoms with E-state index in [1.165, 1.54) is 32.4 Å². The van der Waals surface area contributed by atoms with Crippen molar-refractivity contribution in [2.75, 3.05) is 26.7 Å². The Kier molecular flexibility index (Phi) is 4.57. The van der Waals surface area contributed by atoms with Gasteiger partial charge in [-0.05, 0) is 58.8 Å². The molecular formula is C13H23N3O. The van der Waals surface area contributed by atoms with Crippen LogP contribution in [0, 0.1) is 12.8 Å². The van der Waals surface area contributed by atoms with Crippen LogP contribution < -0.4 is 5.32 Å². The van der Waals surface area contributed by atoms with Crippen molar-refractivity contribution < 1.29 is 4.42 Å². The van der Waals surface area contributed by atoms with Crippen LogP contribution in [0.4, 0.5) is 0 Å². The molecule has 1 aliphatic rings. The molecule has 0 spiro atoms. The lowest BCUT2D eigenvalue weighted by Crippen LogP contribution is -2.34. The fourth-order valence-corrected chi connectivity index (χ4v) is 2.45. The Hall–Kier alpha value is -0.870. The number of piperidine rings is 1. The second-order valence-electron chi connectivity index (χ2n) is 4.98. The first-order valence-electron chi connectivity index (χ1n) is 6.56. The van der Waals surface area contributed by atoms with Crippen molar-refractivity contribution >= 4 is 0 Å². The Labute approximate surface area is 103 Å². The summed E-state index contributed by atoms with van der Waals surface area (Å²) in [7, 11) is 2.03. The summed E-state index contributed by atoms with van der Waals surface area (Å²) in [5.74, 6) is 2.66. The Morgan fingerprint density at radius 2 is 2.24 bits per heavy atom. The van der Waals surface area contributed by atoms with E-state index in [0.717, 1.165) is 30.7 Å². The van der Waals surface area contributed by atoms with Crippen molar-refractivity contribution in [3.05, 3.63) is 17.8 Å². The minimum atomic E-state index is 0.858. The van der Waals surface area contributed by atoms with Gasteiger partial charge in [0, 0.05) is 0 Å². The van der Waals surface area contributed by atoms with E-state index in [1.807, 2.05) is 14.0 Å². The predicted molar refractivity (Wildman–Crippen MR) is 67.8 cm³/mol. The molecule has 1 N–H and O–H groups in total. The highest BCUT2D eigenvalue weighted by Gasteiger charge is 2.19. The van der Waals surface area contributed by atoms with Crippen molar-refractivity contribution in [1.29, 1.82) is 0 Å². The molecular weight excluding hydrogens is 214 g/mol. The number of hydrogen-bond acceptors (Lipinski definition) is 4. The topological polar surface area (TPSA) is 41.3 Å². The van der Waals surface area contributed by atoms with Gasteiger partial charge in [-0.25, -0.2) is 4.98 Å². The van der Waals surface area contributed by atoms with Crippen LogP contribution in [0.1, 0.15) is 30.9 Å². The van der Waals surface area contributed by atoms with E-state index in [1.54, 1.807) is 6.20 Å². The maximum absolute atomic E-state index is 5.52. The third kappa shape index (κ3) is 3.82. The van der Waals surface area contributed by atoms with Crippen LogP contribution in [0.3, 0.4) is 0 Å². The summed E-state index contributed by atoms with van der Waals surface area (Å²) >= 11 is 0. The molecule has 1 fully saturated rings. The zero-order valence-corrected chi connectivity index (χ0v) is 10.9. The molecule has 0 aromatic carbocycles. The van der Waals surface area contributed by atoms with Crippen LogP contribution in [0.15, 0.2) is 10.6 Å². The smallest absolute Gasteiger partial charge is 0.208 e. The monoisotopic (exact) mass is 237 g/mol. The van der Waals surface area contributed by atoms with E-state index >= 15 is 0 Å². The molecule has 1 saturated heterocycles. The SMILES string of the molecule is CNCCC1CCN(Cc2ncc(C)o2)CC1. The number of aryl methyl sites for hydroxylation is 1. The lowest BCUT2D eigenvalue weighted by Gasteiger charge is -2.31. The molecule has 0 amide bonds. The Bertz CT molecular complexity index is 329. The molecule has 1 aliphatic heterocycles. The number of nitrogens with one attached hydrogen (secondary N) is 1. The number of nitrogens with zero attached hydrogens (tertiary/aromatic N) is 2. The lowest BCUT2D eigenvalue weighted by atomic mass is 9.93. The molecule has 96 valence electrons. The average Bonchev–Trinajstić information content (AvgIpc) is 2.74. The quantitative estimate of drug-likeness (QED) is 0.848. The Morgan fingerprint density at radius 3 is 2.82 bits per heavy atom. The minimum absolute atomic E-state index is 0.858. The summed E-state index contributed by atoms with van der Waals surface area (Å²) in [6.45, 7) is 6.31. The summed E-state index contributed by atoms with van der Waals surface area (Å²) in [6.07, 6.45) is 5.72. The molecule has 2 rings (SSSR count). The van der Waals surface area contributed by atoms with Crippen LogP contribution in [0.25, 0.3) is 0 Å². The summed E-state index contributed by atoms with van der Waals surface area (Å²) in [5.41, 5.74) is 0. The van der Waals surface area contributed by atoms with Crippen molar-refractivity contribution in [1.82, 2.24) is 15.2 Å². The minimum Gasteiger partial charge on any atom is -0.445 e. The van der Waals surface area contributed by atoms with Gasteiger partial charge < -0.3 is 9.73 Å². The van der Waals surface area contributed by atoms with Crippen molar-refractivity contribution in [3.63, 3.8) is 0 Å². The van der Waals surface area contributed by atoms with E-state index in [0.29, 0.717) is 0 Å². The first kappa shape index (κ1) is 12.6. The van der Waals surface area contributed by atoms with Crippen LogP contribution in [0.2, 0.25) is 0 Å². The molecule has 0 radical (unpaired) electrons. The van der Waals surface area contributed by atoms with E-state index in [2.05, 4.69) is 15.2 Å². The highest BCUT2D eigenvalue weighted by molar-refractivity contribution is 4.91. The average molecular weight is 237 g/mol. The molecule has 0 atom stereocenters. The van der Waals surface area contributed by atoms with Gasteiger partial charge in [-0.15, -0.1) is 0 Å². The normalized spacial score (nSPS) is 18.7. The second kappa shape index (κ2) is 6.17. The molecule has 1 aromatic rings. The molecule has 0 aliphatic carbocycles. The van der Waals surface area contributed by atoms with Gasteiger partial charge in [0.25, 0.3) is 0 Å². The molecule has 0 unspecified atom stereocenters. The van der Waals surface area contributed by atoms with Gasteiger partial charge in [-0.3, -0.25) is 4.90 Å².